The van der Waals surface area contributed by atoms with E-state index < -0.39 is 30.0 Å². The van der Waals surface area contributed by atoms with Crippen LogP contribution in [-0.4, -0.2) is 123 Å². The first kappa shape index (κ1) is 53.8. The molecule has 18 nitrogen and oxygen atoms in total. The first-order chi connectivity index (χ1) is 36.9. The Balaban J connectivity index is 1.17. The number of ether oxygens (including phenoxy) is 7. The van der Waals surface area contributed by atoms with Gasteiger partial charge < -0.3 is 52.8 Å². The molecule has 0 saturated carbocycles. The molecule has 4 aromatic carbocycles. The number of unbranched alkanes of at least 4 members (excludes halogenated alkanes) is 1. The minimum atomic E-state index is -0.673. The SMILES string of the molecule is COC(=O)CN(CC(=O)OC)c1ccc(C2c3cc4c5c(c3Oc3c2cc2c6c3CCCN6CCC2)CCCN5CCC4)cc1OCC(CCCCC(C)N=[N+]=[N-])Oc1ccc(Cl)cc1N(CC(=O)OC)CC(=O)OC. The predicted octanol–water partition coefficient (Wildman–Crippen LogP) is 9.41. The number of carbonyl (C=O) groups is 4. The van der Waals surface area contributed by atoms with Gasteiger partial charge >= 0.3 is 23.9 Å². The summed E-state index contributed by atoms with van der Waals surface area (Å²) in [5.41, 5.74) is 20.9. The third-order valence-corrected chi connectivity index (χ3v) is 15.5. The number of esters is 4. The monoisotopic (exact) mass is 1060 g/mol. The van der Waals surface area contributed by atoms with Crippen molar-refractivity contribution < 1.29 is 52.3 Å². The summed E-state index contributed by atoms with van der Waals surface area (Å²) in [5.74, 6) is -0.0282. The first-order valence-corrected chi connectivity index (χ1v) is 26.9. The number of nitrogens with zero attached hydrogens (tertiary/aromatic N) is 7. The largest absolute Gasteiger partial charge is 0.488 e. The van der Waals surface area contributed by atoms with E-state index in [1.807, 2.05) is 19.1 Å². The number of benzene rings is 4. The van der Waals surface area contributed by atoms with Crippen LogP contribution in [0.4, 0.5) is 22.7 Å². The Hall–Kier alpha value is -7.04. The van der Waals surface area contributed by atoms with Crippen molar-refractivity contribution in [1.82, 2.24) is 0 Å². The molecule has 4 aromatic rings. The zero-order valence-electron chi connectivity index (χ0n) is 44.2. The van der Waals surface area contributed by atoms with Crippen molar-refractivity contribution >= 4 is 58.2 Å². The van der Waals surface area contributed by atoms with Crippen molar-refractivity contribution in [1.29, 1.82) is 0 Å². The van der Waals surface area contributed by atoms with Crippen molar-refractivity contribution in [3.63, 3.8) is 0 Å². The number of azide groups is 1. The van der Waals surface area contributed by atoms with E-state index in [-0.39, 0.29) is 44.7 Å². The van der Waals surface area contributed by atoms with E-state index in [4.69, 9.17) is 50.3 Å². The molecule has 76 heavy (non-hydrogen) atoms. The van der Waals surface area contributed by atoms with Gasteiger partial charge in [-0.2, -0.15) is 0 Å². The van der Waals surface area contributed by atoms with Crippen molar-refractivity contribution in [3.8, 4) is 23.0 Å². The Kier molecular flexibility index (Phi) is 17.2. The van der Waals surface area contributed by atoms with Crippen molar-refractivity contribution in [2.24, 2.45) is 5.11 Å². The highest BCUT2D eigenvalue weighted by Gasteiger charge is 2.40. The standard InChI is InChI=1S/C57H68ClN7O11/c1-35(60-61-59)12-6-7-15-40(75-47-21-19-39(58)29-46(47)65(32-51(68)72-4)33-52(69)73-5)34-74-48-28-36(18-20-45(48)64(30-49(66)70-2)31-50(67)71-3)53-43-26-37-13-8-22-62-24-10-16-41(54(37)62)56(43)76-57-42-17-11-25-63-23-9-14-38(55(42)63)27-44(53)57/h18-21,26-29,35,40,53H,6-17,22-25,30-34H2,1-5H3. The van der Waals surface area contributed by atoms with Crippen LogP contribution in [0.1, 0.15) is 103 Å². The van der Waals surface area contributed by atoms with Crippen LogP contribution in [-0.2, 0) is 63.8 Å². The smallest absolute Gasteiger partial charge is 0.325 e. The molecule has 2 unspecified atom stereocenters. The number of carbonyl (C=O) groups excluding carboxylic acids is 4. The summed E-state index contributed by atoms with van der Waals surface area (Å²) in [7, 11) is 5.12. The van der Waals surface area contributed by atoms with E-state index in [0.29, 0.717) is 53.6 Å². The highest BCUT2D eigenvalue weighted by Crippen LogP contribution is 2.57. The molecule has 404 valence electrons. The van der Waals surface area contributed by atoms with Gasteiger partial charge in [0.15, 0.2) is 0 Å². The quantitative estimate of drug-likeness (QED) is 0.0159. The molecule has 0 bridgehead atoms. The number of halogens is 1. The first-order valence-electron chi connectivity index (χ1n) is 26.5. The predicted molar refractivity (Wildman–Crippen MR) is 289 cm³/mol. The van der Waals surface area contributed by atoms with E-state index in [2.05, 4.69) is 38.0 Å². The molecule has 0 saturated heterocycles. The lowest BCUT2D eigenvalue weighted by atomic mass is 9.76. The Labute approximate surface area is 449 Å². The van der Waals surface area contributed by atoms with Gasteiger partial charge in [0.1, 0.15) is 61.9 Å². The van der Waals surface area contributed by atoms with Gasteiger partial charge in [-0.3, -0.25) is 19.2 Å². The summed E-state index contributed by atoms with van der Waals surface area (Å²) < 4.78 is 41.6. The molecular formula is C57H68ClN7O11. The van der Waals surface area contributed by atoms with Crippen LogP contribution in [0.15, 0.2) is 53.6 Å². The normalized spacial score (nSPS) is 15.7. The molecule has 0 amide bonds. The molecule has 0 radical (unpaired) electrons. The topological polar surface area (TPSA) is 195 Å². The Morgan fingerprint density at radius 1 is 0.684 bits per heavy atom. The highest BCUT2D eigenvalue weighted by molar-refractivity contribution is 6.31. The summed E-state index contributed by atoms with van der Waals surface area (Å²) in [4.78, 5) is 63.0. The molecule has 5 aliphatic heterocycles. The van der Waals surface area contributed by atoms with Crippen LogP contribution in [0.25, 0.3) is 10.4 Å². The Morgan fingerprint density at radius 3 is 1.72 bits per heavy atom. The summed E-state index contributed by atoms with van der Waals surface area (Å²) in [5, 5.41) is 4.20. The van der Waals surface area contributed by atoms with Gasteiger partial charge in [-0.25, -0.2) is 0 Å². The fourth-order valence-electron chi connectivity index (χ4n) is 11.8. The Bertz CT molecular complexity index is 2770. The third kappa shape index (κ3) is 11.7. The average molecular weight is 1060 g/mol. The van der Waals surface area contributed by atoms with E-state index in [1.54, 1.807) is 23.1 Å². The number of hydrogen-bond donors (Lipinski definition) is 0. The van der Waals surface area contributed by atoms with Crippen LogP contribution in [0, 0.1) is 0 Å². The maximum atomic E-state index is 13.2. The maximum Gasteiger partial charge on any atom is 0.325 e. The second-order valence-corrected chi connectivity index (χ2v) is 20.7. The number of hydrogen-bond acceptors (Lipinski definition) is 16. The van der Waals surface area contributed by atoms with Gasteiger partial charge in [0.05, 0.1) is 39.8 Å². The van der Waals surface area contributed by atoms with Crippen LogP contribution in [0.3, 0.4) is 0 Å². The molecule has 0 aliphatic carbocycles. The van der Waals surface area contributed by atoms with Gasteiger partial charge in [-0.05, 0) is 135 Å². The zero-order valence-corrected chi connectivity index (χ0v) is 45.0. The lowest BCUT2D eigenvalue weighted by molar-refractivity contribution is -0.141. The zero-order chi connectivity index (χ0) is 53.5. The van der Waals surface area contributed by atoms with E-state index in [1.165, 1.54) is 67.0 Å². The third-order valence-electron chi connectivity index (χ3n) is 15.3. The molecule has 19 heteroatoms. The molecule has 5 heterocycles. The maximum absolute atomic E-state index is 13.2. The van der Waals surface area contributed by atoms with Gasteiger partial charge in [-0.1, -0.05) is 36.1 Å². The number of methoxy groups -OCH3 is 4. The summed E-state index contributed by atoms with van der Waals surface area (Å²) in [6, 6.07) is 15.5. The summed E-state index contributed by atoms with van der Waals surface area (Å²) in [6.07, 6.45) is 9.79. The summed E-state index contributed by atoms with van der Waals surface area (Å²) >= 11 is 6.59. The minimum absolute atomic E-state index is 0.0371. The minimum Gasteiger partial charge on any atom is -0.488 e. The van der Waals surface area contributed by atoms with Gasteiger partial charge in [0.25, 0.3) is 0 Å². The van der Waals surface area contributed by atoms with Gasteiger partial charge in [0, 0.05) is 81.7 Å². The lowest BCUT2D eigenvalue weighted by Crippen LogP contribution is -2.37. The molecule has 0 N–H and O–H groups in total. The molecular weight excluding hydrogens is 994 g/mol. The fourth-order valence-corrected chi connectivity index (χ4v) is 11.9. The number of rotatable bonds is 22. The van der Waals surface area contributed by atoms with Crippen molar-refractivity contribution in [2.45, 2.75) is 102 Å². The number of aryl methyl sites for hydroxylation is 2. The van der Waals surface area contributed by atoms with E-state index in [0.717, 1.165) is 106 Å². The van der Waals surface area contributed by atoms with Crippen molar-refractivity contribution in [3.05, 3.63) is 103 Å². The van der Waals surface area contributed by atoms with E-state index in [9.17, 15) is 19.2 Å². The van der Waals surface area contributed by atoms with Crippen LogP contribution in [0.5, 0.6) is 23.0 Å². The van der Waals surface area contributed by atoms with Gasteiger partial charge in [-0.15, -0.1) is 0 Å². The molecule has 5 aliphatic rings. The second kappa shape index (κ2) is 24.3. The fraction of sp³-hybridized carbons (Fsp3) is 0.509. The van der Waals surface area contributed by atoms with Crippen molar-refractivity contribution in [2.75, 3.05) is 107 Å². The summed E-state index contributed by atoms with van der Waals surface area (Å²) in [6.45, 7) is 4.76. The van der Waals surface area contributed by atoms with Crippen LogP contribution < -0.4 is 33.8 Å². The Morgan fingerprint density at radius 2 is 1.20 bits per heavy atom. The average Bonchev–Trinajstić information content (AvgIpc) is 3.46. The molecule has 0 fully saturated rings. The molecule has 2 atom stereocenters. The highest BCUT2D eigenvalue weighted by atomic mass is 35.5. The lowest BCUT2D eigenvalue weighted by Gasteiger charge is -2.43. The second-order valence-electron chi connectivity index (χ2n) is 20.2. The molecule has 0 aromatic heterocycles. The van der Waals surface area contributed by atoms with E-state index >= 15 is 0 Å². The number of anilines is 4. The molecule has 0 spiro atoms. The van der Waals surface area contributed by atoms with Gasteiger partial charge in [0.2, 0.25) is 0 Å². The number of fused-ring (bicyclic) bond motifs is 4. The van der Waals surface area contributed by atoms with Crippen LogP contribution in [0.2, 0.25) is 5.02 Å². The molecule has 9 rings (SSSR count). The van der Waals surface area contributed by atoms with Crippen LogP contribution >= 0.6 is 11.6 Å².